The summed E-state index contributed by atoms with van der Waals surface area (Å²) in [5, 5.41) is 3.32. The molecule has 1 N–H and O–H groups in total. The molecule has 1 heterocycles. The van der Waals surface area contributed by atoms with Gasteiger partial charge in [0.15, 0.2) is 0 Å². The summed E-state index contributed by atoms with van der Waals surface area (Å²) in [4.78, 5) is 5.40. The maximum Gasteiger partial charge on any atom is 0.405 e. The van der Waals surface area contributed by atoms with Crippen molar-refractivity contribution in [3.8, 4) is 0 Å². The lowest BCUT2D eigenvalue weighted by molar-refractivity contribution is -0.120. The Morgan fingerprint density at radius 1 is 1.37 bits per heavy atom. The van der Waals surface area contributed by atoms with Crippen molar-refractivity contribution in [1.82, 2.24) is 10.3 Å². The Morgan fingerprint density at radius 3 is 2.47 bits per heavy atom. The molecule has 19 heavy (non-hydrogen) atoms. The predicted octanol–water partition coefficient (Wildman–Crippen LogP) is 3.23. The molecule has 0 aliphatic heterocycles. The number of hydrogen-bond donors (Lipinski definition) is 1. The highest BCUT2D eigenvalue weighted by molar-refractivity contribution is 6.31. The third-order valence-electron chi connectivity index (χ3n) is 2.52. The summed E-state index contributed by atoms with van der Waals surface area (Å²) in [6.45, 7) is 2.77. The SMILES string of the molecule is CNCc1nc(N(CC(F)(F)F)C(C)C)ccc1Cl. The van der Waals surface area contributed by atoms with E-state index in [0.29, 0.717) is 17.3 Å². The van der Waals surface area contributed by atoms with Gasteiger partial charge in [0.05, 0.1) is 10.7 Å². The van der Waals surface area contributed by atoms with E-state index in [-0.39, 0.29) is 11.9 Å². The van der Waals surface area contributed by atoms with Crippen LogP contribution in [0.5, 0.6) is 0 Å². The van der Waals surface area contributed by atoms with E-state index in [1.54, 1.807) is 27.0 Å². The molecule has 0 radical (unpaired) electrons. The van der Waals surface area contributed by atoms with Crippen LogP contribution in [0.1, 0.15) is 19.5 Å². The molecular formula is C12H17ClF3N3. The van der Waals surface area contributed by atoms with Crippen LogP contribution < -0.4 is 10.2 Å². The van der Waals surface area contributed by atoms with Crippen molar-refractivity contribution >= 4 is 17.4 Å². The lowest BCUT2D eigenvalue weighted by Gasteiger charge is -2.29. The molecule has 0 fully saturated rings. The fourth-order valence-corrected chi connectivity index (χ4v) is 1.82. The number of nitrogens with zero attached hydrogens (tertiary/aromatic N) is 2. The van der Waals surface area contributed by atoms with E-state index in [1.807, 2.05) is 0 Å². The second kappa shape index (κ2) is 6.43. The lowest BCUT2D eigenvalue weighted by atomic mass is 10.2. The molecule has 0 amide bonds. The molecular weight excluding hydrogens is 279 g/mol. The number of pyridine rings is 1. The van der Waals surface area contributed by atoms with Crippen LogP contribution in [0.15, 0.2) is 12.1 Å². The van der Waals surface area contributed by atoms with E-state index in [1.165, 1.54) is 11.0 Å². The summed E-state index contributed by atoms with van der Waals surface area (Å²) < 4.78 is 37.7. The Morgan fingerprint density at radius 2 is 2.00 bits per heavy atom. The fourth-order valence-electron chi connectivity index (χ4n) is 1.65. The van der Waals surface area contributed by atoms with Gasteiger partial charge in [-0.1, -0.05) is 11.6 Å². The van der Waals surface area contributed by atoms with E-state index < -0.39 is 12.7 Å². The summed E-state index contributed by atoms with van der Waals surface area (Å²) in [6, 6.07) is 2.77. The number of aromatic nitrogens is 1. The highest BCUT2D eigenvalue weighted by Crippen LogP contribution is 2.25. The largest absolute Gasteiger partial charge is 0.405 e. The second-order valence-electron chi connectivity index (χ2n) is 4.47. The molecule has 1 aromatic heterocycles. The summed E-state index contributed by atoms with van der Waals surface area (Å²) in [7, 11) is 1.72. The smallest absolute Gasteiger partial charge is 0.345 e. The molecule has 1 rings (SSSR count). The van der Waals surface area contributed by atoms with E-state index in [2.05, 4.69) is 10.3 Å². The molecule has 7 heteroatoms. The molecule has 3 nitrogen and oxygen atoms in total. The molecule has 0 saturated heterocycles. The first-order valence-electron chi connectivity index (χ1n) is 5.88. The van der Waals surface area contributed by atoms with E-state index in [0.717, 1.165) is 0 Å². The van der Waals surface area contributed by atoms with E-state index >= 15 is 0 Å². The quantitative estimate of drug-likeness (QED) is 0.904. The zero-order valence-corrected chi connectivity index (χ0v) is 11.8. The van der Waals surface area contributed by atoms with Gasteiger partial charge in [-0.3, -0.25) is 0 Å². The minimum Gasteiger partial charge on any atom is -0.345 e. The van der Waals surface area contributed by atoms with Crippen LogP contribution in [-0.4, -0.2) is 30.8 Å². The summed E-state index contributed by atoms with van der Waals surface area (Å²) in [6.07, 6.45) is -4.27. The van der Waals surface area contributed by atoms with Crippen LogP contribution >= 0.6 is 11.6 Å². The Kier molecular flexibility index (Phi) is 5.43. The molecule has 0 saturated carbocycles. The fraction of sp³-hybridized carbons (Fsp3) is 0.583. The third-order valence-corrected chi connectivity index (χ3v) is 2.86. The highest BCUT2D eigenvalue weighted by Gasteiger charge is 2.32. The van der Waals surface area contributed by atoms with Crippen LogP contribution in [-0.2, 0) is 6.54 Å². The van der Waals surface area contributed by atoms with Gasteiger partial charge >= 0.3 is 6.18 Å². The van der Waals surface area contributed by atoms with Gasteiger partial charge in [0, 0.05) is 12.6 Å². The van der Waals surface area contributed by atoms with Crippen LogP contribution in [0.2, 0.25) is 5.02 Å². The molecule has 0 aromatic carbocycles. The van der Waals surface area contributed by atoms with Gasteiger partial charge in [-0.15, -0.1) is 0 Å². The first-order chi connectivity index (χ1) is 8.74. The normalized spacial score (nSPS) is 12.0. The Labute approximate surface area is 115 Å². The molecule has 108 valence electrons. The van der Waals surface area contributed by atoms with Crippen LogP contribution in [0.3, 0.4) is 0 Å². The zero-order chi connectivity index (χ0) is 14.6. The molecule has 0 atom stereocenters. The summed E-state index contributed by atoms with van der Waals surface area (Å²) >= 11 is 5.95. The monoisotopic (exact) mass is 295 g/mol. The molecule has 0 spiro atoms. The van der Waals surface area contributed by atoms with Gasteiger partial charge < -0.3 is 10.2 Å². The summed E-state index contributed by atoms with van der Waals surface area (Å²) in [5.41, 5.74) is 0.537. The Hall–Kier alpha value is -1.01. The first-order valence-corrected chi connectivity index (χ1v) is 6.26. The van der Waals surface area contributed by atoms with Crippen LogP contribution in [0.4, 0.5) is 19.0 Å². The molecule has 0 unspecified atom stereocenters. The minimum absolute atomic E-state index is 0.280. The maximum absolute atomic E-state index is 12.6. The zero-order valence-electron chi connectivity index (χ0n) is 11.1. The number of hydrogen-bond acceptors (Lipinski definition) is 3. The number of halogens is 4. The summed E-state index contributed by atoms with van der Waals surface area (Å²) in [5.74, 6) is 0.280. The van der Waals surface area contributed by atoms with Crippen molar-refractivity contribution in [2.45, 2.75) is 32.6 Å². The number of nitrogens with one attached hydrogen (secondary N) is 1. The van der Waals surface area contributed by atoms with Gasteiger partial charge in [0.2, 0.25) is 0 Å². The van der Waals surface area contributed by atoms with E-state index in [4.69, 9.17) is 11.6 Å². The van der Waals surface area contributed by atoms with Gasteiger partial charge in [-0.05, 0) is 33.0 Å². The van der Waals surface area contributed by atoms with Gasteiger partial charge in [-0.2, -0.15) is 13.2 Å². The van der Waals surface area contributed by atoms with Crippen LogP contribution in [0.25, 0.3) is 0 Å². The van der Waals surface area contributed by atoms with Gasteiger partial charge in [-0.25, -0.2) is 4.98 Å². The van der Waals surface area contributed by atoms with Crippen molar-refractivity contribution in [2.75, 3.05) is 18.5 Å². The van der Waals surface area contributed by atoms with Crippen molar-refractivity contribution in [2.24, 2.45) is 0 Å². The van der Waals surface area contributed by atoms with E-state index in [9.17, 15) is 13.2 Å². The Balaban J connectivity index is 3.06. The van der Waals surface area contributed by atoms with Gasteiger partial charge in [0.1, 0.15) is 12.4 Å². The topological polar surface area (TPSA) is 28.2 Å². The molecule has 0 bridgehead atoms. The molecule has 0 aliphatic carbocycles. The van der Waals surface area contributed by atoms with Gasteiger partial charge in [0.25, 0.3) is 0 Å². The average Bonchev–Trinajstić information content (AvgIpc) is 2.28. The average molecular weight is 296 g/mol. The first kappa shape index (κ1) is 16.0. The number of rotatable bonds is 5. The van der Waals surface area contributed by atoms with Crippen molar-refractivity contribution in [3.05, 3.63) is 22.8 Å². The third kappa shape index (κ3) is 4.87. The molecule has 1 aromatic rings. The maximum atomic E-state index is 12.6. The lowest BCUT2D eigenvalue weighted by Crippen LogP contribution is -2.39. The number of anilines is 1. The standard InChI is InChI=1S/C12H17ClF3N3/c1-8(2)19(7-12(14,15)16)11-5-4-9(13)10(18-11)6-17-3/h4-5,8,17H,6-7H2,1-3H3. The minimum atomic E-state index is -4.27. The second-order valence-corrected chi connectivity index (χ2v) is 4.87. The molecule has 0 aliphatic rings. The number of alkyl halides is 3. The van der Waals surface area contributed by atoms with Crippen molar-refractivity contribution in [1.29, 1.82) is 0 Å². The van der Waals surface area contributed by atoms with Crippen molar-refractivity contribution in [3.63, 3.8) is 0 Å². The Bertz CT molecular complexity index is 421. The predicted molar refractivity (Wildman–Crippen MR) is 70.5 cm³/mol. The van der Waals surface area contributed by atoms with Crippen molar-refractivity contribution < 1.29 is 13.2 Å². The van der Waals surface area contributed by atoms with Crippen LogP contribution in [0, 0.1) is 0 Å². The highest BCUT2D eigenvalue weighted by atomic mass is 35.5.